The summed E-state index contributed by atoms with van der Waals surface area (Å²) in [6.07, 6.45) is 0. The Morgan fingerprint density at radius 1 is 0.968 bits per heavy atom. The topological polar surface area (TPSA) is 104 Å². The molecule has 9 nitrogen and oxygen atoms in total. The number of carbonyl (C=O) groups excluding carboxylic acids is 2. The normalized spacial score (nSPS) is 20.1. The SMILES string of the molecule is Cc1ccc(-c2noc(CN3N=N[C@@H]4C(=O)N(c5ccc(C)c(C)c5)C(=O)[C@@H]43)n2)cc1. The molecule has 2 atom stereocenters. The van der Waals surface area contributed by atoms with E-state index in [2.05, 4.69) is 20.5 Å². The molecule has 5 rings (SSSR count). The standard InChI is InChI=1S/C22H20N6O3/c1-12-4-7-15(8-5-12)20-23-17(31-25-20)11-27-19-18(24-26-27)21(29)28(22(19)30)16-9-6-13(2)14(3)10-16/h4-10,18-19H,11H2,1-3H3/t18-,19+/m0/s1. The molecule has 0 saturated carbocycles. The zero-order chi connectivity index (χ0) is 21.7. The number of nitrogens with zero attached hydrogens (tertiary/aromatic N) is 6. The maximum Gasteiger partial charge on any atom is 0.263 e. The first-order valence-corrected chi connectivity index (χ1v) is 9.94. The molecule has 3 aromatic rings. The zero-order valence-electron chi connectivity index (χ0n) is 17.3. The molecule has 0 N–H and O–H groups in total. The predicted molar refractivity (Wildman–Crippen MR) is 111 cm³/mol. The Bertz CT molecular complexity index is 1220. The lowest BCUT2D eigenvalue weighted by atomic mass is 10.1. The Morgan fingerprint density at radius 3 is 2.48 bits per heavy atom. The van der Waals surface area contributed by atoms with E-state index in [0.29, 0.717) is 17.4 Å². The lowest BCUT2D eigenvalue weighted by molar-refractivity contribution is -0.123. The molecule has 2 aromatic carbocycles. The third-order valence-corrected chi connectivity index (χ3v) is 5.68. The van der Waals surface area contributed by atoms with E-state index in [1.807, 2.05) is 57.2 Å². The lowest BCUT2D eigenvalue weighted by Crippen LogP contribution is -2.39. The summed E-state index contributed by atoms with van der Waals surface area (Å²) in [5, 5.41) is 13.5. The van der Waals surface area contributed by atoms with Gasteiger partial charge in [-0.3, -0.25) is 14.6 Å². The molecule has 0 aliphatic carbocycles. The summed E-state index contributed by atoms with van der Waals surface area (Å²) in [6, 6.07) is 11.6. The third-order valence-electron chi connectivity index (χ3n) is 5.68. The number of amides is 2. The van der Waals surface area contributed by atoms with E-state index in [4.69, 9.17) is 4.52 Å². The van der Waals surface area contributed by atoms with Crippen molar-refractivity contribution in [3.63, 3.8) is 0 Å². The Balaban J connectivity index is 1.36. The Labute approximate surface area is 178 Å². The molecular weight excluding hydrogens is 396 g/mol. The van der Waals surface area contributed by atoms with E-state index in [1.165, 1.54) is 9.91 Å². The lowest BCUT2D eigenvalue weighted by Gasteiger charge is -2.19. The molecule has 31 heavy (non-hydrogen) atoms. The summed E-state index contributed by atoms with van der Waals surface area (Å²) >= 11 is 0. The molecule has 0 spiro atoms. The van der Waals surface area contributed by atoms with Gasteiger partial charge in [0, 0.05) is 5.56 Å². The first-order chi connectivity index (χ1) is 14.9. The number of anilines is 1. The van der Waals surface area contributed by atoms with Crippen LogP contribution in [0.15, 0.2) is 57.3 Å². The molecule has 9 heteroatoms. The van der Waals surface area contributed by atoms with Crippen LogP contribution in [0, 0.1) is 20.8 Å². The number of hydrogen-bond donors (Lipinski definition) is 0. The van der Waals surface area contributed by atoms with Crippen molar-refractivity contribution >= 4 is 17.5 Å². The second-order valence-corrected chi connectivity index (χ2v) is 7.85. The smallest absolute Gasteiger partial charge is 0.263 e. The van der Waals surface area contributed by atoms with Crippen LogP contribution in [0.5, 0.6) is 0 Å². The van der Waals surface area contributed by atoms with Gasteiger partial charge < -0.3 is 4.52 Å². The highest BCUT2D eigenvalue weighted by Gasteiger charge is 2.55. The minimum absolute atomic E-state index is 0.0866. The fourth-order valence-electron chi connectivity index (χ4n) is 3.75. The molecule has 1 aromatic heterocycles. The van der Waals surface area contributed by atoms with Crippen molar-refractivity contribution in [3.8, 4) is 11.4 Å². The zero-order valence-corrected chi connectivity index (χ0v) is 17.3. The monoisotopic (exact) mass is 416 g/mol. The van der Waals surface area contributed by atoms with Crippen molar-refractivity contribution in [2.75, 3.05) is 4.90 Å². The molecule has 0 unspecified atom stereocenters. The van der Waals surface area contributed by atoms with Crippen LogP contribution in [0.2, 0.25) is 0 Å². The second-order valence-electron chi connectivity index (χ2n) is 7.85. The quantitative estimate of drug-likeness (QED) is 0.605. The van der Waals surface area contributed by atoms with Crippen LogP contribution in [0.4, 0.5) is 5.69 Å². The molecule has 0 bridgehead atoms. The third kappa shape index (κ3) is 3.18. The van der Waals surface area contributed by atoms with Crippen molar-refractivity contribution in [2.24, 2.45) is 10.3 Å². The molecular formula is C22H20N6O3. The number of fused-ring (bicyclic) bond motifs is 1. The molecule has 156 valence electrons. The number of aryl methyl sites for hydroxylation is 3. The number of aromatic nitrogens is 2. The van der Waals surface area contributed by atoms with Gasteiger partial charge in [0.15, 0.2) is 12.1 Å². The van der Waals surface area contributed by atoms with Crippen LogP contribution in [0.3, 0.4) is 0 Å². The minimum Gasteiger partial charge on any atom is -0.337 e. The van der Waals surface area contributed by atoms with Crippen molar-refractivity contribution in [2.45, 2.75) is 39.4 Å². The van der Waals surface area contributed by atoms with Crippen molar-refractivity contribution in [1.82, 2.24) is 15.1 Å². The van der Waals surface area contributed by atoms with Crippen molar-refractivity contribution in [1.29, 1.82) is 0 Å². The van der Waals surface area contributed by atoms with Crippen LogP contribution in [-0.2, 0) is 16.1 Å². The Kier molecular flexibility index (Phi) is 4.39. The van der Waals surface area contributed by atoms with Crippen molar-refractivity contribution in [3.05, 3.63) is 65.0 Å². The molecule has 2 aliphatic rings. The van der Waals surface area contributed by atoms with E-state index >= 15 is 0 Å². The first-order valence-electron chi connectivity index (χ1n) is 9.94. The van der Waals surface area contributed by atoms with Crippen molar-refractivity contribution < 1.29 is 14.1 Å². The van der Waals surface area contributed by atoms with Gasteiger partial charge in [-0.2, -0.15) is 10.1 Å². The number of carbonyl (C=O) groups is 2. The maximum absolute atomic E-state index is 13.1. The van der Waals surface area contributed by atoms with Gasteiger partial charge in [-0.25, -0.2) is 4.90 Å². The first kappa shape index (κ1) is 19.1. The average Bonchev–Trinajstić information content (AvgIpc) is 3.44. The molecule has 0 radical (unpaired) electrons. The maximum atomic E-state index is 13.1. The van der Waals surface area contributed by atoms with E-state index in [0.717, 1.165) is 22.3 Å². The van der Waals surface area contributed by atoms with Crippen LogP contribution in [-0.4, -0.2) is 39.0 Å². The van der Waals surface area contributed by atoms with Gasteiger partial charge in [-0.05, 0) is 44.0 Å². The highest BCUT2D eigenvalue weighted by atomic mass is 16.5. The number of imide groups is 1. The summed E-state index contributed by atoms with van der Waals surface area (Å²) < 4.78 is 5.35. The molecule has 2 amide bonds. The summed E-state index contributed by atoms with van der Waals surface area (Å²) in [5.41, 5.74) is 4.60. The number of benzene rings is 2. The van der Waals surface area contributed by atoms with Gasteiger partial charge in [0.25, 0.3) is 11.8 Å². The van der Waals surface area contributed by atoms with Crippen LogP contribution < -0.4 is 4.90 Å². The molecule has 3 heterocycles. The van der Waals surface area contributed by atoms with E-state index in [1.54, 1.807) is 6.07 Å². The summed E-state index contributed by atoms with van der Waals surface area (Å²) in [5.74, 6) is 0.00484. The minimum atomic E-state index is -0.867. The number of hydrogen-bond acceptors (Lipinski definition) is 8. The predicted octanol–water partition coefficient (Wildman–Crippen LogP) is 3.16. The van der Waals surface area contributed by atoms with Gasteiger partial charge in [0.05, 0.1) is 5.69 Å². The van der Waals surface area contributed by atoms with Gasteiger partial charge >= 0.3 is 0 Å². The fourth-order valence-corrected chi connectivity index (χ4v) is 3.75. The Morgan fingerprint density at radius 2 is 1.74 bits per heavy atom. The Hall–Kier alpha value is -3.88. The van der Waals surface area contributed by atoms with E-state index in [9.17, 15) is 9.59 Å². The highest BCUT2D eigenvalue weighted by Crippen LogP contribution is 2.33. The van der Waals surface area contributed by atoms with Gasteiger partial charge in [0.2, 0.25) is 11.7 Å². The molecule has 1 saturated heterocycles. The fraction of sp³-hybridized carbons (Fsp3) is 0.273. The summed E-state index contributed by atoms with van der Waals surface area (Å²) in [4.78, 5) is 31.6. The van der Waals surface area contributed by atoms with Crippen LogP contribution in [0.1, 0.15) is 22.6 Å². The summed E-state index contributed by atoms with van der Waals surface area (Å²) in [6.45, 7) is 6.01. The highest BCUT2D eigenvalue weighted by molar-refractivity contribution is 6.25. The summed E-state index contributed by atoms with van der Waals surface area (Å²) in [7, 11) is 0. The van der Waals surface area contributed by atoms with Crippen LogP contribution >= 0.6 is 0 Å². The molecule has 1 fully saturated rings. The van der Waals surface area contributed by atoms with E-state index in [-0.39, 0.29) is 18.4 Å². The second kappa shape index (κ2) is 7.12. The van der Waals surface area contributed by atoms with Gasteiger partial charge in [-0.15, -0.1) is 0 Å². The van der Waals surface area contributed by atoms with E-state index < -0.39 is 12.1 Å². The largest absolute Gasteiger partial charge is 0.337 e. The van der Waals surface area contributed by atoms with Crippen LogP contribution in [0.25, 0.3) is 11.4 Å². The van der Waals surface area contributed by atoms with Gasteiger partial charge in [0.1, 0.15) is 6.54 Å². The van der Waals surface area contributed by atoms with Gasteiger partial charge in [-0.1, -0.05) is 46.3 Å². The molecule has 2 aliphatic heterocycles. The number of rotatable bonds is 4. The average molecular weight is 416 g/mol.